The zero-order chi connectivity index (χ0) is 11.1. The van der Waals surface area contributed by atoms with Gasteiger partial charge in [-0.1, -0.05) is 39.0 Å². The van der Waals surface area contributed by atoms with Crippen LogP contribution in [0, 0.1) is 0 Å². The van der Waals surface area contributed by atoms with Crippen molar-refractivity contribution >= 4 is 5.97 Å². The van der Waals surface area contributed by atoms with Crippen molar-refractivity contribution in [1.82, 2.24) is 0 Å². The van der Waals surface area contributed by atoms with Crippen LogP contribution >= 0.6 is 0 Å². The summed E-state index contributed by atoms with van der Waals surface area (Å²) in [5.41, 5.74) is 0. The van der Waals surface area contributed by atoms with E-state index < -0.39 is 12.2 Å². The summed E-state index contributed by atoms with van der Waals surface area (Å²) in [4.78, 5) is 10.8. The lowest BCUT2D eigenvalue weighted by atomic mass is 10.0. The molecule has 3 nitrogen and oxygen atoms in total. The van der Waals surface area contributed by atoms with Crippen molar-refractivity contribution in [3.63, 3.8) is 0 Å². The average Bonchev–Trinajstić information content (AvgIpc) is 2.64. The monoisotopic (exact) mass is 212 g/mol. The zero-order valence-corrected chi connectivity index (χ0v) is 9.32. The number of carbonyl (C=O) groups is 1. The summed E-state index contributed by atoms with van der Waals surface area (Å²) in [6.45, 7) is 2.18. The quantitative estimate of drug-likeness (QED) is 0.520. The van der Waals surface area contributed by atoms with E-state index >= 15 is 0 Å². The van der Waals surface area contributed by atoms with E-state index in [0.29, 0.717) is 6.42 Å². The van der Waals surface area contributed by atoms with Gasteiger partial charge < -0.3 is 9.84 Å². The fraction of sp³-hybridized carbons (Fsp3) is 0.750. The Morgan fingerprint density at radius 1 is 1.40 bits per heavy atom. The largest absolute Gasteiger partial charge is 0.452 e. The van der Waals surface area contributed by atoms with Crippen LogP contribution in [0.15, 0.2) is 12.2 Å². The third-order valence-corrected chi connectivity index (χ3v) is 2.66. The zero-order valence-electron chi connectivity index (χ0n) is 9.32. The van der Waals surface area contributed by atoms with Crippen molar-refractivity contribution in [1.29, 1.82) is 0 Å². The summed E-state index contributed by atoms with van der Waals surface area (Å²) >= 11 is 0. The lowest BCUT2D eigenvalue weighted by Crippen LogP contribution is -2.25. The van der Waals surface area contributed by atoms with Gasteiger partial charge in [0.15, 0.2) is 0 Å². The summed E-state index contributed by atoms with van der Waals surface area (Å²) in [6, 6.07) is 0. The maximum Gasteiger partial charge on any atom is 0.331 e. The number of unbranched alkanes of at least 4 members (excludes halogenated alkanes) is 4. The number of aliphatic hydroxyl groups is 1. The van der Waals surface area contributed by atoms with E-state index in [0.717, 1.165) is 12.8 Å². The van der Waals surface area contributed by atoms with Crippen molar-refractivity contribution < 1.29 is 14.6 Å². The van der Waals surface area contributed by atoms with Crippen molar-refractivity contribution in [3.05, 3.63) is 12.2 Å². The van der Waals surface area contributed by atoms with E-state index in [2.05, 4.69) is 6.92 Å². The number of hydrogen-bond acceptors (Lipinski definition) is 3. The molecule has 0 amide bonds. The molecule has 0 unspecified atom stereocenters. The predicted molar refractivity (Wildman–Crippen MR) is 58.4 cm³/mol. The summed E-state index contributed by atoms with van der Waals surface area (Å²) in [6.07, 6.45) is 8.65. The van der Waals surface area contributed by atoms with Gasteiger partial charge in [0.25, 0.3) is 0 Å². The van der Waals surface area contributed by atoms with Crippen LogP contribution in [0.25, 0.3) is 0 Å². The molecule has 0 aromatic rings. The average molecular weight is 212 g/mol. The van der Waals surface area contributed by atoms with Crippen LogP contribution in [0.3, 0.4) is 0 Å². The Kier molecular flexibility index (Phi) is 5.40. The first kappa shape index (κ1) is 12.2. The molecular formula is C12H20O3. The van der Waals surface area contributed by atoms with Crippen LogP contribution in [0.5, 0.6) is 0 Å². The fourth-order valence-corrected chi connectivity index (χ4v) is 1.71. The number of ether oxygens (including phenoxy) is 1. The molecule has 1 aliphatic heterocycles. The van der Waals surface area contributed by atoms with Crippen LogP contribution in [0.2, 0.25) is 0 Å². The molecule has 0 fully saturated rings. The maximum atomic E-state index is 10.8. The Hall–Kier alpha value is -0.830. The van der Waals surface area contributed by atoms with Gasteiger partial charge in [0, 0.05) is 6.08 Å². The minimum atomic E-state index is -0.533. The Bertz CT molecular complexity index is 223. The highest BCUT2D eigenvalue weighted by Crippen LogP contribution is 2.15. The molecule has 86 valence electrons. The highest BCUT2D eigenvalue weighted by Gasteiger charge is 2.23. The first-order valence-corrected chi connectivity index (χ1v) is 5.81. The molecule has 1 heterocycles. The summed E-state index contributed by atoms with van der Waals surface area (Å²) in [5, 5.41) is 9.69. The van der Waals surface area contributed by atoms with Crippen LogP contribution in [0.1, 0.15) is 45.4 Å². The molecule has 0 aliphatic carbocycles. The second kappa shape index (κ2) is 6.62. The number of aliphatic hydroxyl groups excluding tert-OH is 1. The van der Waals surface area contributed by atoms with Crippen molar-refractivity contribution in [3.8, 4) is 0 Å². The normalized spacial score (nSPS) is 21.7. The SMILES string of the molecule is CCCCCCC[C@@H](O)[C@H]1C=CC(=O)O1. The molecule has 0 saturated heterocycles. The molecule has 1 rings (SSSR count). The Labute approximate surface area is 91.1 Å². The third kappa shape index (κ3) is 4.47. The molecule has 0 spiro atoms. The Morgan fingerprint density at radius 2 is 2.13 bits per heavy atom. The number of esters is 1. The minimum absolute atomic E-state index is 0.343. The Balaban J connectivity index is 2.06. The van der Waals surface area contributed by atoms with Gasteiger partial charge in [-0.3, -0.25) is 0 Å². The topological polar surface area (TPSA) is 46.5 Å². The van der Waals surface area contributed by atoms with Gasteiger partial charge >= 0.3 is 5.97 Å². The van der Waals surface area contributed by atoms with Crippen molar-refractivity contribution in [2.75, 3.05) is 0 Å². The van der Waals surface area contributed by atoms with Crippen LogP contribution in [-0.2, 0) is 9.53 Å². The van der Waals surface area contributed by atoms with E-state index in [1.165, 1.54) is 25.3 Å². The third-order valence-electron chi connectivity index (χ3n) is 2.66. The van der Waals surface area contributed by atoms with E-state index in [9.17, 15) is 9.90 Å². The standard InChI is InChI=1S/C12H20O3/c1-2-3-4-5-6-7-10(13)11-8-9-12(14)15-11/h8-11,13H,2-7H2,1H3/t10-,11-/m1/s1. The maximum absolute atomic E-state index is 10.8. The minimum Gasteiger partial charge on any atom is -0.452 e. The highest BCUT2D eigenvalue weighted by atomic mass is 16.6. The van der Waals surface area contributed by atoms with Gasteiger partial charge in [-0.25, -0.2) is 4.79 Å². The van der Waals surface area contributed by atoms with Crippen LogP contribution in [0.4, 0.5) is 0 Å². The summed E-state index contributed by atoms with van der Waals surface area (Å²) < 4.78 is 4.90. The molecule has 0 aromatic carbocycles. The molecule has 3 heteroatoms. The number of rotatable bonds is 7. The fourth-order valence-electron chi connectivity index (χ4n) is 1.71. The lowest BCUT2D eigenvalue weighted by Gasteiger charge is -2.15. The lowest BCUT2D eigenvalue weighted by molar-refractivity contribution is -0.142. The molecular weight excluding hydrogens is 192 g/mol. The smallest absolute Gasteiger partial charge is 0.331 e. The summed E-state index contributed by atoms with van der Waals surface area (Å²) in [7, 11) is 0. The van der Waals surface area contributed by atoms with E-state index in [1.54, 1.807) is 6.08 Å². The molecule has 15 heavy (non-hydrogen) atoms. The highest BCUT2D eigenvalue weighted by molar-refractivity contribution is 5.84. The number of cyclic esters (lactones) is 1. The summed E-state index contributed by atoms with van der Waals surface area (Å²) in [5.74, 6) is -0.343. The van der Waals surface area contributed by atoms with E-state index in [4.69, 9.17) is 4.74 Å². The van der Waals surface area contributed by atoms with E-state index in [-0.39, 0.29) is 5.97 Å². The van der Waals surface area contributed by atoms with Crippen LogP contribution in [-0.4, -0.2) is 23.3 Å². The van der Waals surface area contributed by atoms with Gasteiger partial charge in [-0.15, -0.1) is 0 Å². The second-order valence-corrected chi connectivity index (χ2v) is 4.03. The van der Waals surface area contributed by atoms with Gasteiger partial charge in [0.2, 0.25) is 0 Å². The second-order valence-electron chi connectivity index (χ2n) is 4.03. The van der Waals surface area contributed by atoms with E-state index in [1.807, 2.05) is 0 Å². The first-order chi connectivity index (χ1) is 7.24. The van der Waals surface area contributed by atoms with Crippen molar-refractivity contribution in [2.24, 2.45) is 0 Å². The van der Waals surface area contributed by atoms with Crippen LogP contribution < -0.4 is 0 Å². The van der Waals surface area contributed by atoms with Crippen molar-refractivity contribution in [2.45, 2.75) is 57.7 Å². The first-order valence-electron chi connectivity index (χ1n) is 5.81. The number of carbonyl (C=O) groups excluding carboxylic acids is 1. The Morgan fingerprint density at radius 3 is 2.73 bits per heavy atom. The van der Waals surface area contributed by atoms with Gasteiger partial charge in [-0.05, 0) is 12.5 Å². The molecule has 1 aliphatic rings. The number of hydrogen-bond donors (Lipinski definition) is 1. The van der Waals surface area contributed by atoms with Gasteiger partial charge in [-0.2, -0.15) is 0 Å². The van der Waals surface area contributed by atoms with Gasteiger partial charge in [0.05, 0.1) is 6.10 Å². The molecule has 0 saturated carbocycles. The molecule has 1 N–H and O–H groups in total. The molecule has 0 bridgehead atoms. The van der Waals surface area contributed by atoms with Gasteiger partial charge in [0.1, 0.15) is 6.10 Å². The molecule has 2 atom stereocenters. The predicted octanol–water partition coefficient (Wildman–Crippen LogP) is 2.19. The molecule has 0 aromatic heterocycles. The molecule has 0 radical (unpaired) electrons.